The fourth-order valence-electron chi connectivity index (χ4n) is 3.81. The van der Waals surface area contributed by atoms with Gasteiger partial charge in [0.05, 0.1) is 35.7 Å². The second-order valence-corrected chi connectivity index (χ2v) is 9.99. The van der Waals surface area contributed by atoms with Crippen LogP contribution in [0.5, 0.6) is 0 Å². The summed E-state index contributed by atoms with van der Waals surface area (Å²) in [6.07, 6.45) is 0.870. The molecular weight excluding hydrogens is 477 g/mol. The molecule has 3 N–H and O–H groups in total. The summed E-state index contributed by atoms with van der Waals surface area (Å²) >= 11 is 0. The summed E-state index contributed by atoms with van der Waals surface area (Å²) < 4.78 is 25.5. The number of ether oxygens (including phenoxy) is 2. The van der Waals surface area contributed by atoms with Crippen LogP contribution in [-0.2, 0) is 14.3 Å². The summed E-state index contributed by atoms with van der Waals surface area (Å²) in [4.78, 5) is 31.7. The number of amides is 1. The molecule has 0 atom stereocenters. The lowest BCUT2D eigenvalue weighted by Crippen LogP contribution is -2.50. The number of anilines is 1. The summed E-state index contributed by atoms with van der Waals surface area (Å²) in [5, 5.41) is 6.14. The quantitative estimate of drug-likeness (QED) is 0.401. The van der Waals surface area contributed by atoms with E-state index >= 15 is 0 Å². The Morgan fingerprint density at radius 3 is 2.54 bits per heavy atom. The molecule has 10 nitrogen and oxygen atoms in total. The van der Waals surface area contributed by atoms with Crippen LogP contribution in [0.25, 0.3) is 22.6 Å². The lowest BCUT2D eigenvalue weighted by atomic mass is 9.90. The van der Waals surface area contributed by atoms with Gasteiger partial charge in [0.15, 0.2) is 5.82 Å². The number of imidazole rings is 1. The first-order chi connectivity index (χ1) is 17.6. The second-order valence-electron chi connectivity index (χ2n) is 9.99. The summed E-state index contributed by atoms with van der Waals surface area (Å²) in [6, 6.07) is 7.88. The highest BCUT2D eigenvalue weighted by Crippen LogP contribution is 2.35. The number of carbonyl (C=O) groups is 1. The summed E-state index contributed by atoms with van der Waals surface area (Å²) in [6.45, 7) is 7.48. The zero-order chi connectivity index (χ0) is 26.6. The molecule has 0 bridgehead atoms. The molecule has 0 saturated carbocycles. The number of aromatic amines is 1. The van der Waals surface area contributed by atoms with E-state index < -0.39 is 11.7 Å². The van der Waals surface area contributed by atoms with Gasteiger partial charge in [0.2, 0.25) is 18.1 Å². The van der Waals surface area contributed by atoms with Crippen LogP contribution in [0.4, 0.5) is 10.3 Å². The molecule has 1 saturated heterocycles. The van der Waals surface area contributed by atoms with E-state index in [1.165, 1.54) is 12.1 Å². The van der Waals surface area contributed by atoms with Gasteiger partial charge in [-0.05, 0) is 65.2 Å². The molecule has 1 amide bonds. The molecule has 3 aromatic rings. The Kier molecular flexibility index (Phi) is 8.16. The predicted molar refractivity (Wildman–Crippen MR) is 138 cm³/mol. The molecule has 1 aromatic carbocycles. The number of nitrogens with one attached hydrogen (secondary N) is 3. The molecule has 37 heavy (non-hydrogen) atoms. The van der Waals surface area contributed by atoms with Gasteiger partial charge in [0, 0.05) is 30.9 Å². The van der Waals surface area contributed by atoms with Crippen molar-refractivity contribution in [3.8, 4) is 22.6 Å². The van der Waals surface area contributed by atoms with Crippen LogP contribution in [0.2, 0.25) is 0 Å². The highest BCUT2D eigenvalue weighted by atomic mass is 19.1. The fourth-order valence-corrected chi connectivity index (χ4v) is 3.81. The smallest absolute Gasteiger partial charge is 0.230 e. The molecular formula is C26H34FN7O3. The van der Waals surface area contributed by atoms with Gasteiger partial charge in [-0.1, -0.05) is 0 Å². The zero-order valence-corrected chi connectivity index (χ0v) is 21.8. The number of rotatable bonds is 9. The Labute approximate surface area is 216 Å². The number of benzene rings is 1. The summed E-state index contributed by atoms with van der Waals surface area (Å²) in [7, 11) is 3.99. The third-order valence-electron chi connectivity index (χ3n) is 5.89. The average Bonchev–Trinajstić information content (AvgIpc) is 3.30. The van der Waals surface area contributed by atoms with Gasteiger partial charge in [-0.3, -0.25) is 4.79 Å². The predicted octanol–water partition coefficient (Wildman–Crippen LogP) is 3.22. The van der Waals surface area contributed by atoms with Crippen molar-refractivity contribution in [3.63, 3.8) is 0 Å². The molecule has 2 aromatic heterocycles. The molecule has 0 spiro atoms. The normalized spacial score (nSPS) is 19.8. The van der Waals surface area contributed by atoms with Crippen molar-refractivity contribution in [2.75, 3.05) is 45.7 Å². The molecule has 1 fully saturated rings. The van der Waals surface area contributed by atoms with Crippen molar-refractivity contribution in [3.05, 3.63) is 48.2 Å². The van der Waals surface area contributed by atoms with Crippen molar-refractivity contribution in [2.45, 2.75) is 33.1 Å². The minimum Gasteiger partial charge on any atom is -0.353 e. The van der Waals surface area contributed by atoms with Crippen molar-refractivity contribution in [2.24, 2.45) is 5.41 Å². The lowest BCUT2D eigenvalue weighted by Gasteiger charge is -2.35. The minimum absolute atomic E-state index is 0.0167. The summed E-state index contributed by atoms with van der Waals surface area (Å²) in [5.41, 5.74) is 1.70. The number of likely N-dealkylation sites (N-methyl/N-ethyl adjacent to an activating group) is 1. The molecule has 1 aliphatic rings. The SMILES string of the molecule is CC(C)NC(=O)C1(C)COC(c2nc(-c3ccc(F)cc3)c(-c3ccnc(NCCN(C)C)n3)[nH]2)OC1. The van der Waals surface area contributed by atoms with Crippen molar-refractivity contribution < 1.29 is 18.7 Å². The molecule has 11 heteroatoms. The number of halogens is 1. The number of carbonyl (C=O) groups excluding carboxylic acids is 1. The van der Waals surface area contributed by atoms with E-state index in [0.717, 1.165) is 6.54 Å². The molecule has 198 valence electrons. The topological polar surface area (TPSA) is 117 Å². The molecule has 0 aliphatic carbocycles. The number of H-pyrrole nitrogens is 1. The maximum atomic E-state index is 13.6. The maximum absolute atomic E-state index is 13.6. The van der Waals surface area contributed by atoms with Crippen LogP contribution in [-0.4, -0.2) is 77.2 Å². The van der Waals surface area contributed by atoms with Crippen LogP contribution in [0.3, 0.4) is 0 Å². The third-order valence-corrected chi connectivity index (χ3v) is 5.89. The molecule has 1 aliphatic heterocycles. The van der Waals surface area contributed by atoms with Gasteiger partial charge in [-0.2, -0.15) is 0 Å². The largest absolute Gasteiger partial charge is 0.353 e. The van der Waals surface area contributed by atoms with E-state index in [-0.39, 0.29) is 31.0 Å². The van der Waals surface area contributed by atoms with Crippen LogP contribution < -0.4 is 10.6 Å². The number of aromatic nitrogens is 4. The average molecular weight is 512 g/mol. The van der Waals surface area contributed by atoms with E-state index in [9.17, 15) is 9.18 Å². The minimum atomic E-state index is -0.810. The number of nitrogens with zero attached hydrogens (tertiary/aromatic N) is 4. The van der Waals surface area contributed by atoms with Crippen LogP contribution >= 0.6 is 0 Å². The van der Waals surface area contributed by atoms with Crippen molar-refractivity contribution >= 4 is 11.9 Å². The van der Waals surface area contributed by atoms with Crippen LogP contribution in [0.15, 0.2) is 36.5 Å². The van der Waals surface area contributed by atoms with Crippen LogP contribution in [0, 0.1) is 11.2 Å². The monoisotopic (exact) mass is 511 g/mol. The highest BCUT2D eigenvalue weighted by Gasteiger charge is 2.41. The maximum Gasteiger partial charge on any atom is 0.230 e. The van der Waals surface area contributed by atoms with Crippen molar-refractivity contribution in [1.29, 1.82) is 0 Å². The van der Waals surface area contributed by atoms with Gasteiger partial charge < -0.3 is 30.0 Å². The number of hydrogen-bond acceptors (Lipinski definition) is 8. The van der Waals surface area contributed by atoms with E-state index in [0.29, 0.717) is 41.0 Å². The van der Waals surface area contributed by atoms with Crippen molar-refractivity contribution in [1.82, 2.24) is 30.2 Å². The second kappa shape index (κ2) is 11.3. The van der Waals surface area contributed by atoms with Gasteiger partial charge >= 0.3 is 0 Å². The third kappa shape index (κ3) is 6.48. The van der Waals surface area contributed by atoms with Crippen LogP contribution in [0.1, 0.15) is 32.9 Å². The van der Waals surface area contributed by atoms with E-state index in [1.54, 1.807) is 24.4 Å². The first-order valence-electron chi connectivity index (χ1n) is 12.3. The highest BCUT2D eigenvalue weighted by molar-refractivity contribution is 5.83. The summed E-state index contributed by atoms with van der Waals surface area (Å²) in [5.74, 6) is 0.454. The fraction of sp³-hybridized carbons (Fsp3) is 0.462. The molecule has 4 rings (SSSR count). The van der Waals surface area contributed by atoms with E-state index in [1.807, 2.05) is 34.9 Å². The molecule has 0 radical (unpaired) electrons. The first kappa shape index (κ1) is 26.6. The Morgan fingerprint density at radius 1 is 1.19 bits per heavy atom. The van der Waals surface area contributed by atoms with Gasteiger partial charge in [-0.15, -0.1) is 0 Å². The Morgan fingerprint density at radius 2 is 1.89 bits per heavy atom. The standard InChI is InChI=1S/C26H34FN7O3/c1-16(2)30-24(35)26(3)14-36-23(37-15-26)22-32-20(17-6-8-18(27)9-7-17)21(33-22)19-10-11-28-25(31-19)29-12-13-34(4)5/h6-11,16,23H,12-15H2,1-5H3,(H,30,35)(H,32,33)(H,28,29,31). The van der Waals surface area contributed by atoms with E-state index in [4.69, 9.17) is 14.5 Å². The first-order valence-corrected chi connectivity index (χ1v) is 12.3. The Bertz CT molecular complexity index is 1210. The Balaban J connectivity index is 1.61. The van der Waals surface area contributed by atoms with Gasteiger partial charge in [-0.25, -0.2) is 19.3 Å². The molecule has 0 unspecified atom stereocenters. The van der Waals surface area contributed by atoms with Gasteiger partial charge in [0.1, 0.15) is 5.82 Å². The lowest BCUT2D eigenvalue weighted by molar-refractivity contribution is -0.231. The Hall–Kier alpha value is -3.41. The molecule has 3 heterocycles. The van der Waals surface area contributed by atoms with E-state index in [2.05, 4.69) is 30.5 Å². The zero-order valence-electron chi connectivity index (χ0n) is 21.8. The number of hydrogen-bond donors (Lipinski definition) is 3. The van der Waals surface area contributed by atoms with Gasteiger partial charge in [0.25, 0.3) is 0 Å².